The van der Waals surface area contributed by atoms with Gasteiger partial charge in [-0.25, -0.2) is 4.79 Å². The minimum absolute atomic E-state index is 0.374. The molecule has 0 saturated heterocycles. The summed E-state index contributed by atoms with van der Waals surface area (Å²) < 4.78 is 1.15. The van der Waals surface area contributed by atoms with Crippen molar-refractivity contribution < 1.29 is 9.90 Å². The first kappa shape index (κ1) is 12.8. The Kier molecular flexibility index (Phi) is 3.43. The highest BCUT2D eigenvalue weighted by atomic mass is 79.9. The van der Waals surface area contributed by atoms with Crippen LogP contribution in [0.15, 0.2) is 33.4 Å². The summed E-state index contributed by atoms with van der Waals surface area (Å²) in [6.45, 7) is 2.62. The molecule has 1 aromatic heterocycles. The summed E-state index contributed by atoms with van der Waals surface area (Å²) in [6.07, 6.45) is 0. The Morgan fingerprint density at radius 1 is 1.32 bits per heavy atom. The lowest BCUT2D eigenvalue weighted by molar-refractivity contribution is 0.0696. The van der Waals surface area contributed by atoms with Crippen LogP contribution in [0.5, 0.6) is 0 Å². The fraction of sp³-hybridized carbons (Fsp3) is 0.214. The maximum Gasteiger partial charge on any atom is 0.335 e. The summed E-state index contributed by atoms with van der Waals surface area (Å²) in [5.74, 6) is -0.858. The third kappa shape index (κ3) is 2.73. The highest BCUT2D eigenvalue weighted by Gasteiger charge is 2.20. The van der Waals surface area contributed by atoms with Gasteiger partial charge in [0.1, 0.15) is 0 Å². The van der Waals surface area contributed by atoms with E-state index in [2.05, 4.69) is 32.3 Å². The van der Waals surface area contributed by atoms with Crippen molar-refractivity contribution in [3.63, 3.8) is 0 Å². The van der Waals surface area contributed by atoms with E-state index in [1.807, 2.05) is 6.07 Å². The largest absolute Gasteiger partial charge is 0.478 e. The zero-order valence-corrected chi connectivity index (χ0v) is 12.5. The Balaban J connectivity index is 1.75. The summed E-state index contributed by atoms with van der Waals surface area (Å²) in [4.78, 5) is 13.3. The van der Waals surface area contributed by atoms with E-state index < -0.39 is 5.97 Å². The number of halogens is 1. The molecule has 1 aromatic carbocycles. The van der Waals surface area contributed by atoms with Crippen molar-refractivity contribution in [3.05, 3.63) is 55.7 Å². The number of carboxylic acid groups (broad SMARTS) is 1. The third-order valence-corrected chi connectivity index (χ3v) is 4.82. The molecule has 0 fully saturated rings. The molecule has 2 heterocycles. The standard InChI is InChI=1S/C14H12BrNO2S/c15-13-3-9(8-19-13)5-16-6-11-2-1-10(14(17)18)4-12(11)7-16/h1-4,8H,5-7H2,(H,17,18). The average molecular weight is 338 g/mol. The Morgan fingerprint density at radius 3 is 2.79 bits per heavy atom. The molecule has 5 heteroatoms. The van der Waals surface area contributed by atoms with Crippen molar-refractivity contribution in [2.24, 2.45) is 0 Å². The number of carboxylic acids is 1. The van der Waals surface area contributed by atoms with Gasteiger partial charge in [0.2, 0.25) is 0 Å². The van der Waals surface area contributed by atoms with Gasteiger partial charge in [0.05, 0.1) is 9.35 Å². The minimum atomic E-state index is -0.858. The van der Waals surface area contributed by atoms with E-state index in [1.165, 1.54) is 11.1 Å². The summed E-state index contributed by atoms with van der Waals surface area (Å²) in [6, 6.07) is 7.55. The van der Waals surface area contributed by atoms with Crippen molar-refractivity contribution in [3.8, 4) is 0 Å². The van der Waals surface area contributed by atoms with E-state index in [0.29, 0.717) is 5.56 Å². The van der Waals surface area contributed by atoms with Crippen LogP contribution in [0.3, 0.4) is 0 Å². The van der Waals surface area contributed by atoms with E-state index in [-0.39, 0.29) is 0 Å². The first-order valence-corrected chi connectivity index (χ1v) is 7.59. The molecule has 1 aliphatic rings. The Morgan fingerprint density at radius 2 is 2.11 bits per heavy atom. The molecule has 1 N–H and O–H groups in total. The fourth-order valence-corrected chi connectivity index (χ4v) is 3.60. The summed E-state index contributed by atoms with van der Waals surface area (Å²) in [5, 5.41) is 11.2. The number of rotatable bonds is 3. The molecule has 0 aliphatic carbocycles. The van der Waals surface area contributed by atoms with Crippen LogP contribution in [0.4, 0.5) is 0 Å². The molecule has 0 unspecified atom stereocenters. The lowest BCUT2D eigenvalue weighted by Gasteiger charge is -2.13. The average Bonchev–Trinajstić information content (AvgIpc) is 2.94. The highest BCUT2D eigenvalue weighted by molar-refractivity contribution is 9.11. The normalized spacial score (nSPS) is 14.6. The first-order valence-electron chi connectivity index (χ1n) is 5.92. The van der Waals surface area contributed by atoms with Gasteiger partial charge in [-0.05, 0) is 56.2 Å². The molecule has 0 radical (unpaired) electrons. The predicted octanol–water partition coefficient (Wildman–Crippen LogP) is 3.72. The van der Waals surface area contributed by atoms with Gasteiger partial charge in [-0.1, -0.05) is 6.07 Å². The molecule has 98 valence electrons. The Hall–Kier alpha value is -1.17. The third-order valence-electron chi connectivity index (χ3n) is 3.27. The number of hydrogen-bond donors (Lipinski definition) is 1. The summed E-state index contributed by atoms with van der Waals surface area (Å²) in [5.41, 5.74) is 4.04. The first-order chi connectivity index (χ1) is 9.11. The maximum atomic E-state index is 11.0. The Bertz CT molecular complexity index is 638. The maximum absolute atomic E-state index is 11.0. The smallest absolute Gasteiger partial charge is 0.335 e. The van der Waals surface area contributed by atoms with Gasteiger partial charge in [-0.15, -0.1) is 11.3 Å². The quantitative estimate of drug-likeness (QED) is 0.927. The van der Waals surface area contributed by atoms with E-state index >= 15 is 0 Å². The van der Waals surface area contributed by atoms with Crippen LogP contribution in [0.25, 0.3) is 0 Å². The van der Waals surface area contributed by atoms with E-state index in [9.17, 15) is 4.79 Å². The number of hydrogen-bond acceptors (Lipinski definition) is 3. The second-order valence-electron chi connectivity index (χ2n) is 4.69. The van der Waals surface area contributed by atoms with Gasteiger partial charge in [0.15, 0.2) is 0 Å². The van der Waals surface area contributed by atoms with Crippen molar-refractivity contribution in [2.45, 2.75) is 19.6 Å². The van der Waals surface area contributed by atoms with Gasteiger partial charge in [-0.3, -0.25) is 4.90 Å². The summed E-state index contributed by atoms with van der Waals surface area (Å²) in [7, 11) is 0. The minimum Gasteiger partial charge on any atom is -0.478 e. The van der Waals surface area contributed by atoms with Gasteiger partial charge in [0, 0.05) is 19.6 Å². The molecule has 0 saturated carbocycles. The van der Waals surface area contributed by atoms with Gasteiger partial charge < -0.3 is 5.11 Å². The molecule has 2 aromatic rings. The molecule has 0 amide bonds. The van der Waals surface area contributed by atoms with Crippen molar-refractivity contribution >= 4 is 33.2 Å². The molecule has 1 aliphatic heterocycles. The molecule has 0 atom stereocenters. The predicted molar refractivity (Wildman–Crippen MR) is 78.4 cm³/mol. The summed E-state index contributed by atoms with van der Waals surface area (Å²) >= 11 is 5.16. The molecule has 19 heavy (non-hydrogen) atoms. The second-order valence-corrected chi connectivity index (χ2v) is 6.98. The van der Waals surface area contributed by atoms with E-state index in [4.69, 9.17) is 5.11 Å². The fourth-order valence-electron chi connectivity index (χ4n) is 2.40. The highest BCUT2D eigenvalue weighted by Crippen LogP contribution is 2.27. The monoisotopic (exact) mass is 337 g/mol. The molecule has 3 rings (SSSR count). The van der Waals surface area contributed by atoms with E-state index in [0.717, 1.165) is 29.0 Å². The zero-order valence-electron chi connectivity index (χ0n) is 10.1. The van der Waals surface area contributed by atoms with Crippen molar-refractivity contribution in [1.82, 2.24) is 4.90 Å². The lowest BCUT2D eigenvalue weighted by atomic mass is 10.1. The number of nitrogens with zero attached hydrogens (tertiary/aromatic N) is 1. The number of carbonyl (C=O) groups is 1. The molecular weight excluding hydrogens is 326 g/mol. The SMILES string of the molecule is O=C(O)c1ccc2c(c1)CN(Cc1csc(Br)c1)C2. The Labute approximate surface area is 123 Å². The number of benzene rings is 1. The molecule has 0 bridgehead atoms. The molecule has 3 nitrogen and oxygen atoms in total. The molecule has 0 spiro atoms. The van der Waals surface area contributed by atoms with Crippen LogP contribution in [-0.4, -0.2) is 16.0 Å². The van der Waals surface area contributed by atoms with Gasteiger partial charge in [-0.2, -0.15) is 0 Å². The second kappa shape index (κ2) is 5.07. The van der Waals surface area contributed by atoms with Crippen LogP contribution in [-0.2, 0) is 19.6 Å². The topological polar surface area (TPSA) is 40.5 Å². The number of thiophene rings is 1. The van der Waals surface area contributed by atoms with Gasteiger partial charge >= 0.3 is 5.97 Å². The van der Waals surface area contributed by atoms with Crippen LogP contribution < -0.4 is 0 Å². The van der Waals surface area contributed by atoms with Gasteiger partial charge in [0.25, 0.3) is 0 Å². The molecular formula is C14H12BrNO2S. The number of fused-ring (bicyclic) bond motifs is 1. The van der Waals surface area contributed by atoms with Crippen molar-refractivity contribution in [2.75, 3.05) is 0 Å². The lowest BCUT2D eigenvalue weighted by Crippen LogP contribution is -2.14. The van der Waals surface area contributed by atoms with Crippen LogP contribution in [0.1, 0.15) is 27.0 Å². The van der Waals surface area contributed by atoms with Crippen LogP contribution in [0.2, 0.25) is 0 Å². The van der Waals surface area contributed by atoms with Crippen LogP contribution in [0, 0.1) is 0 Å². The van der Waals surface area contributed by atoms with Crippen LogP contribution >= 0.6 is 27.3 Å². The number of aromatic carboxylic acids is 1. The van der Waals surface area contributed by atoms with Crippen molar-refractivity contribution in [1.29, 1.82) is 0 Å². The van der Waals surface area contributed by atoms with E-state index in [1.54, 1.807) is 23.5 Å². The zero-order chi connectivity index (χ0) is 13.4.